The molecule has 10 aromatic rings. The quantitative estimate of drug-likeness (QED) is 0.128. The van der Waals surface area contributed by atoms with E-state index < -0.39 is 0 Å². The first-order valence-corrected chi connectivity index (χ1v) is 20.9. The molecule has 0 fully saturated rings. The molecular weight excluding hydrogens is 952 g/mol. The normalized spacial score (nSPS) is 12.5. The van der Waals surface area contributed by atoms with Gasteiger partial charge in [0.15, 0.2) is 0 Å². The van der Waals surface area contributed by atoms with Crippen molar-refractivity contribution < 1.29 is 25.8 Å². The summed E-state index contributed by atoms with van der Waals surface area (Å²) in [7, 11) is 0. The third-order valence-electron chi connectivity index (χ3n) is 11.6. The van der Waals surface area contributed by atoms with Gasteiger partial charge in [-0.2, -0.15) is 12.1 Å². The van der Waals surface area contributed by atoms with Gasteiger partial charge < -0.3 is 24.4 Å². The van der Waals surface area contributed by atoms with Crippen LogP contribution in [0.25, 0.3) is 49.4 Å². The molecule has 2 heterocycles. The van der Waals surface area contributed by atoms with Gasteiger partial charge in [-0.1, -0.05) is 175 Å². The van der Waals surface area contributed by atoms with E-state index in [1.807, 2.05) is 24.3 Å². The maximum absolute atomic E-state index is 6.70. The number of rotatable bonds is 10. The van der Waals surface area contributed by atoms with E-state index in [-0.39, 0.29) is 27.2 Å². The monoisotopic (exact) mass is 991 g/mol. The van der Waals surface area contributed by atoms with E-state index in [0.717, 1.165) is 78.1 Å². The zero-order valence-electron chi connectivity index (χ0n) is 34.4. The molecule has 0 saturated heterocycles. The summed E-state index contributed by atoms with van der Waals surface area (Å²) in [6, 6.07) is 81.2. The topological polar surface area (TPSA) is 34.7 Å². The molecule has 304 valence electrons. The largest absolute Gasteiger partial charge is 4.00 e. The maximum atomic E-state index is 6.70. The molecule has 9 aromatic carbocycles. The second-order valence-electron chi connectivity index (χ2n) is 15.5. The molecular formula is C57H40N4OPt. The zero-order chi connectivity index (χ0) is 41.4. The number of hydrogen-bond donors (Lipinski definition) is 0. The van der Waals surface area contributed by atoms with E-state index in [4.69, 9.17) is 10.1 Å². The van der Waals surface area contributed by atoms with Gasteiger partial charge in [0.1, 0.15) is 0 Å². The van der Waals surface area contributed by atoms with Gasteiger partial charge in [-0.05, 0) is 53.4 Å². The Kier molecular flexibility index (Phi) is 10.9. The first kappa shape index (κ1) is 39.8. The molecule has 6 heteroatoms. The van der Waals surface area contributed by atoms with E-state index in [1.165, 1.54) is 5.56 Å². The Balaban J connectivity index is 0.00000471. The van der Waals surface area contributed by atoms with Crippen LogP contribution in [-0.2, 0) is 21.1 Å². The number of benzene rings is 9. The third kappa shape index (κ3) is 7.56. The SMILES string of the molecule is Cc1ccc([N-]C(c2ccccc2)n2c3[c-]c(Oc4[c-]c(N5[CH-]N(c6c(-c7ccccc7)cccc6-c6ccccc6)c6ccccc65)ccc4)ccc3c3ccccc32)cc1.[Pt+4]. The number of aryl methyl sites for hydroxylation is 1. The van der Waals surface area contributed by atoms with Crippen molar-refractivity contribution in [2.24, 2.45) is 0 Å². The number of hydrogen-bond acceptors (Lipinski definition) is 3. The van der Waals surface area contributed by atoms with Gasteiger partial charge in [-0.15, -0.1) is 53.8 Å². The van der Waals surface area contributed by atoms with Crippen molar-refractivity contribution in [3.63, 3.8) is 0 Å². The zero-order valence-corrected chi connectivity index (χ0v) is 36.6. The van der Waals surface area contributed by atoms with E-state index in [1.54, 1.807) is 0 Å². The van der Waals surface area contributed by atoms with Crippen LogP contribution in [0.4, 0.5) is 28.4 Å². The molecule has 1 unspecified atom stereocenters. The summed E-state index contributed by atoms with van der Waals surface area (Å²) < 4.78 is 8.99. The van der Waals surface area contributed by atoms with E-state index >= 15 is 0 Å². The Hall–Kier alpha value is -7.33. The predicted molar refractivity (Wildman–Crippen MR) is 255 cm³/mol. The van der Waals surface area contributed by atoms with Gasteiger partial charge in [0.2, 0.25) is 0 Å². The Morgan fingerprint density at radius 3 is 1.79 bits per heavy atom. The van der Waals surface area contributed by atoms with Crippen molar-refractivity contribution in [2.75, 3.05) is 9.80 Å². The molecule has 0 spiro atoms. The summed E-state index contributed by atoms with van der Waals surface area (Å²) in [6.45, 7) is 4.27. The van der Waals surface area contributed by atoms with Crippen LogP contribution in [0.5, 0.6) is 11.5 Å². The van der Waals surface area contributed by atoms with Crippen LogP contribution in [0, 0.1) is 25.7 Å². The first-order valence-electron chi connectivity index (χ1n) is 20.9. The average molecular weight is 992 g/mol. The smallest absolute Gasteiger partial charge is 0.661 e. The van der Waals surface area contributed by atoms with E-state index in [2.05, 4.69) is 228 Å². The van der Waals surface area contributed by atoms with Crippen LogP contribution >= 0.6 is 0 Å². The standard InChI is InChI=1S/C57H40N4O.Pt/c1-40-31-33-44(34-32-40)58-57(43-21-9-4-10-22-43)61-52-28-12-11-25-50(52)51-36-35-47(38-55(51)61)62-46-24-15-23-45(37-46)59-39-60(54-30-14-13-29-53(54)59)56-48(41-17-5-2-6-18-41)26-16-27-49(56)42-19-7-3-8-20-42;/h2-36,39,57H,1H3;/q-4;+4. The molecule has 63 heavy (non-hydrogen) atoms. The minimum atomic E-state index is -0.342. The summed E-state index contributed by atoms with van der Waals surface area (Å²) in [5.74, 6) is 1.18. The molecule has 5 nitrogen and oxygen atoms in total. The van der Waals surface area contributed by atoms with Crippen LogP contribution in [0.3, 0.4) is 0 Å². The van der Waals surface area contributed by atoms with E-state index in [0.29, 0.717) is 11.5 Å². The van der Waals surface area contributed by atoms with Crippen molar-refractivity contribution in [3.8, 4) is 33.8 Å². The number of para-hydroxylation sites is 4. The molecule has 0 N–H and O–H groups in total. The number of nitrogens with zero attached hydrogens (tertiary/aromatic N) is 4. The van der Waals surface area contributed by atoms with Gasteiger partial charge in [0.05, 0.1) is 0 Å². The molecule has 0 amide bonds. The first-order chi connectivity index (χ1) is 30.7. The minimum Gasteiger partial charge on any atom is -0.661 e. The average Bonchev–Trinajstić information content (AvgIpc) is 3.88. The van der Waals surface area contributed by atoms with Gasteiger partial charge in [-0.3, -0.25) is 0 Å². The molecule has 11 rings (SSSR count). The fourth-order valence-corrected chi connectivity index (χ4v) is 8.64. The number of ether oxygens (including phenoxy) is 1. The Morgan fingerprint density at radius 2 is 1.10 bits per heavy atom. The van der Waals surface area contributed by atoms with Crippen molar-refractivity contribution in [2.45, 2.75) is 13.1 Å². The molecule has 1 aliphatic heterocycles. The second-order valence-corrected chi connectivity index (χ2v) is 15.5. The molecule has 0 radical (unpaired) electrons. The summed E-state index contributed by atoms with van der Waals surface area (Å²) in [6.07, 6.45) is -0.342. The predicted octanol–water partition coefficient (Wildman–Crippen LogP) is 15.5. The van der Waals surface area contributed by atoms with Gasteiger partial charge in [0.25, 0.3) is 0 Å². The molecule has 1 aliphatic rings. The summed E-state index contributed by atoms with van der Waals surface area (Å²) in [4.78, 5) is 4.51. The minimum absolute atomic E-state index is 0. The van der Waals surface area contributed by atoms with Crippen LogP contribution in [0.1, 0.15) is 17.3 Å². The van der Waals surface area contributed by atoms with Crippen LogP contribution in [-0.4, -0.2) is 4.57 Å². The number of aromatic nitrogens is 1. The number of anilines is 4. The van der Waals surface area contributed by atoms with Gasteiger partial charge >= 0.3 is 21.1 Å². The van der Waals surface area contributed by atoms with Gasteiger partial charge in [0, 0.05) is 45.2 Å². The van der Waals surface area contributed by atoms with Crippen LogP contribution < -0.4 is 14.5 Å². The fraction of sp³-hybridized carbons (Fsp3) is 0.0351. The number of fused-ring (bicyclic) bond motifs is 4. The fourth-order valence-electron chi connectivity index (χ4n) is 8.64. The van der Waals surface area contributed by atoms with Crippen molar-refractivity contribution in [1.29, 1.82) is 0 Å². The molecule has 0 aliphatic carbocycles. The van der Waals surface area contributed by atoms with E-state index in [9.17, 15) is 0 Å². The molecule has 0 saturated carbocycles. The maximum Gasteiger partial charge on any atom is 4.00 e. The molecule has 0 bridgehead atoms. The third-order valence-corrected chi connectivity index (χ3v) is 11.6. The van der Waals surface area contributed by atoms with Crippen LogP contribution in [0.2, 0.25) is 0 Å². The Bertz CT molecular complexity index is 3130. The van der Waals surface area contributed by atoms with Gasteiger partial charge in [-0.25, -0.2) is 0 Å². The second kappa shape index (κ2) is 17.2. The van der Waals surface area contributed by atoms with Crippen LogP contribution in [0.15, 0.2) is 212 Å². The van der Waals surface area contributed by atoms with Crippen molar-refractivity contribution in [3.05, 3.63) is 248 Å². The summed E-state index contributed by atoms with van der Waals surface area (Å²) >= 11 is 0. The Morgan fingerprint density at radius 1 is 0.508 bits per heavy atom. The summed E-state index contributed by atoms with van der Waals surface area (Å²) in [5.41, 5.74) is 13.8. The van der Waals surface area contributed by atoms with Crippen molar-refractivity contribution >= 4 is 50.2 Å². The molecule has 1 aromatic heterocycles. The van der Waals surface area contributed by atoms with Crippen molar-refractivity contribution in [1.82, 2.24) is 4.57 Å². The Labute approximate surface area is 382 Å². The summed E-state index contributed by atoms with van der Waals surface area (Å²) in [5, 5.41) is 7.57. The molecule has 1 atom stereocenters.